The highest BCUT2D eigenvalue weighted by molar-refractivity contribution is 7.10. The summed E-state index contributed by atoms with van der Waals surface area (Å²) >= 11 is 1.42. The fourth-order valence-electron chi connectivity index (χ4n) is 1.64. The van der Waals surface area contributed by atoms with Gasteiger partial charge in [0.2, 0.25) is 0 Å². The van der Waals surface area contributed by atoms with Gasteiger partial charge in [0.15, 0.2) is 0 Å². The van der Waals surface area contributed by atoms with Crippen molar-refractivity contribution in [1.82, 2.24) is 0 Å². The summed E-state index contributed by atoms with van der Waals surface area (Å²) in [6, 6.07) is 11.9. The zero-order chi connectivity index (χ0) is 12.3. The molecule has 17 heavy (non-hydrogen) atoms. The average Bonchev–Trinajstić information content (AvgIpc) is 2.84. The first kappa shape index (κ1) is 11.3. The second-order valence-electron chi connectivity index (χ2n) is 3.39. The van der Waals surface area contributed by atoms with Crippen LogP contribution in [0.15, 0.2) is 35.7 Å². The Morgan fingerprint density at radius 3 is 2.59 bits per heavy atom. The summed E-state index contributed by atoms with van der Waals surface area (Å²) in [6.45, 7) is 0. The minimum Gasteiger partial charge on any atom is -0.206 e. The number of hydrogen-bond acceptors (Lipinski definition) is 3. The molecule has 82 valence electrons. The minimum atomic E-state index is -0.583. The van der Waals surface area contributed by atoms with Crippen molar-refractivity contribution >= 4 is 11.3 Å². The van der Waals surface area contributed by atoms with Crippen molar-refractivity contribution in [2.45, 2.75) is 5.92 Å². The Bertz CT molecular complexity index is 605. The first-order valence-corrected chi connectivity index (χ1v) is 5.77. The number of benzene rings is 1. The van der Waals surface area contributed by atoms with Crippen LogP contribution < -0.4 is 0 Å². The molecule has 2 aromatic rings. The summed E-state index contributed by atoms with van der Waals surface area (Å²) in [5.41, 5.74) is 0.380. The maximum absolute atomic E-state index is 13.5. The van der Waals surface area contributed by atoms with E-state index in [0.29, 0.717) is 5.56 Å². The molecule has 2 rings (SSSR count). The lowest BCUT2D eigenvalue weighted by Crippen LogP contribution is -2.01. The van der Waals surface area contributed by atoms with Crippen molar-refractivity contribution < 1.29 is 4.39 Å². The van der Waals surface area contributed by atoms with Crippen LogP contribution in [0, 0.1) is 28.5 Å². The molecule has 0 aliphatic heterocycles. The molecule has 0 unspecified atom stereocenters. The van der Waals surface area contributed by atoms with E-state index in [0.717, 1.165) is 4.88 Å². The van der Waals surface area contributed by atoms with Crippen LogP contribution in [-0.4, -0.2) is 0 Å². The fraction of sp³-hybridized carbons (Fsp3) is 0.0769. The molecule has 2 nitrogen and oxygen atoms in total. The molecule has 0 aliphatic carbocycles. The molecule has 0 saturated carbocycles. The highest BCUT2D eigenvalue weighted by Gasteiger charge is 2.20. The summed E-state index contributed by atoms with van der Waals surface area (Å²) < 4.78 is 13.5. The largest absolute Gasteiger partial charge is 0.206 e. The van der Waals surface area contributed by atoms with Crippen LogP contribution in [0.1, 0.15) is 21.9 Å². The van der Waals surface area contributed by atoms with Crippen LogP contribution in [0.2, 0.25) is 0 Å². The summed E-state index contributed by atoms with van der Waals surface area (Å²) in [5.74, 6) is -1.16. The number of rotatable bonds is 2. The van der Waals surface area contributed by atoms with Gasteiger partial charge < -0.3 is 0 Å². The molecule has 1 aromatic carbocycles. The second kappa shape index (κ2) is 4.78. The van der Waals surface area contributed by atoms with E-state index >= 15 is 0 Å². The van der Waals surface area contributed by atoms with Gasteiger partial charge in [-0.05, 0) is 23.1 Å². The summed E-state index contributed by atoms with van der Waals surface area (Å²) in [6.07, 6.45) is 0. The Morgan fingerprint density at radius 1 is 1.18 bits per heavy atom. The smallest absolute Gasteiger partial charge is 0.141 e. The fourth-order valence-corrected chi connectivity index (χ4v) is 2.43. The summed E-state index contributed by atoms with van der Waals surface area (Å²) in [7, 11) is 0. The molecule has 0 spiro atoms. The molecule has 0 amide bonds. The maximum atomic E-state index is 13.5. The molecule has 0 bridgehead atoms. The predicted octanol–water partition coefficient (Wildman–Crippen LogP) is 3.41. The van der Waals surface area contributed by atoms with Crippen molar-refractivity contribution in [3.05, 3.63) is 57.5 Å². The lowest BCUT2D eigenvalue weighted by atomic mass is 9.94. The van der Waals surface area contributed by atoms with E-state index in [1.807, 2.05) is 23.6 Å². The van der Waals surface area contributed by atoms with Crippen molar-refractivity contribution in [2.75, 3.05) is 0 Å². The molecule has 0 fully saturated rings. The van der Waals surface area contributed by atoms with E-state index in [4.69, 9.17) is 5.26 Å². The van der Waals surface area contributed by atoms with Crippen LogP contribution >= 0.6 is 11.3 Å². The van der Waals surface area contributed by atoms with Crippen LogP contribution in [-0.2, 0) is 0 Å². The molecule has 0 radical (unpaired) electrons. The Labute approximate surface area is 102 Å². The highest BCUT2D eigenvalue weighted by Crippen LogP contribution is 2.30. The standard InChI is InChI=1S/C13H7FN2S/c14-12-4-1-3-9(10(12)7-15)11(8-16)13-5-2-6-17-13/h1-6,11H/t11-/m1/s1. The second-order valence-corrected chi connectivity index (χ2v) is 4.37. The van der Waals surface area contributed by atoms with Crippen molar-refractivity contribution in [3.63, 3.8) is 0 Å². The van der Waals surface area contributed by atoms with Gasteiger partial charge in [0, 0.05) is 4.88 Å². The topological polar surface area (TPSA) is 47.6 Å². The molecule has 1 aromatic heterocycles. The maximum Gasteiger partial charge on any atom is 0.141 e. The third kappa shape index (κ3) is 2.04. The van der Waals surface area contributed by atoms with Crippen LogP contribution in [0.5, 0.6) is 0 Å². The molecule has 0 N–H and O–H groups in total. The predicted molar refractivity (Wildman–Crippen MR) is 62.9 cm³/mol. The van der Waals surface area contributed by atoms with E-state index in [-0.39, 0.29) is 5.56 Å². The normalized spacial score (nSPS) is 11.5. The lowest BCUT2D eigenvalue weighted by molar-refractivity contribution is 0.621. The Balaban J connectivity index is 2.58. The quantitative estimate of drug-likeness (QED) is 0.810. The van der Waals surface area contributed by atoms with E-state index in [1.54, 1.807) is 6.07 Å². The molecule has 0 aliphatic rings. The zero-order valence-corrected chi connectivity index (χ0v) is 9.54. The average molecular weight is 242 g/mol. The SMILES string of the molecule is N#Cc1c(F)cccc1[C@@H](C#N)c1cccs1. The molecule has 4 heteroatoms. The molecule has 1 atom stereocenters. The first-order chi connectivity index (χ1) is 8.27. The van der Waals surface area contributed by atoms with Gasteiger partial charge in [0.1, 0.15) is 17.8 Å². The van der Waals surface area contributed by atoms with Gasteiger partial charge >= 0.3 is 0 Å². The van der Waals surface area contributed by atoms with Gasteiger partial charge in [0.05, 0.1) is 11.6 Å². The van der Waals surface area contributed by atoms with Gasteiger partial charge in [-0.1, -0.05) is 18.2 Å². The van der Waals surface area contributed by atoms with E-state index in [2.05, 4.69) is 6.07 Å². The summed E-state index contributed by atoms with van der Waals surface area (Å²) in [4.78, 5) is 0.814. The third-order valence-corrected chi connectivity index (χ3v) is 3.36. The number of nitrogens with zero attached hydrogens (tertiary/aromatic N) is 2. The number of halogens is 1. The van der Waals surface area contributed by atoms with Crippen LogP contribution in [0.4, 0.5) is 4.39 Å². The van der Waals surface area contributed by atoms with E-state index in [9.17, 15) is 9.65 Å². The Kier molecular flexibility index (Phi) is 3.18. The summed E-state index contributed by atoms with van der Waals surface area (Å²) in [5, 5.41) is 20.0. The monoisotopic (exact) mass is 242 g/mol. The van der Waals surface area contributed by atoms with Crippen molar-refractivity contribution in [2.24, 2.45) is 0 Å². The molecular formula is C13H7FN2S. The van der Waals surface area contributed by atoms with Crippen LogP contribution in [0.3, 0.4) is 0 Å². The Morgan fingerprint density at radius 2 is 2.00 bits per heavy atom. The molecular weight excluding hydrogens is 235 g/mol. The van der Waals surface area contributed by atoms with E-state index < -0.39 is 11.7 Å². The van der Waals surface area contributed by atoms with E-state index in [1.165, 1.54) is 23.5 Å². The molecule has 0 saturated heterocycles. The number of thiophene rings is 1. The van der Waals surface area contributed by atoms with Crippen molar-refractivity contribution in [3.8, 4) is 12.1 Å². The van der Waals surface area contributed by atoms with Crippen molar-refractivity contribution in [1.29, 1.82) is 10.5 Å². The van der Waals surface area contributed by atoms with Gasteiger partial charge in [-0.3, -0.25) is 0 Å². The zero-order valence-electron chi connectivity index (χ0n) is 8.72. The van der Waals surface area contributed by atoms with Gasteiger partial charge in [-0.2, -0.15) is 10.5 Å². The number of hydrogen-bond donors (Lipinski definition) is 0. The van der Waals surface area contributed by atoms with Gasteiger partial charge in [-0.15, -0.1) is 11.3 Å². The highest BCUT2D eigenvalue weighted by atomic mass is 32.1. The Hall–Kier alpha value is -2.17. The first-order valence-electron chi connectivity index (χ1n) is 4.89. The lowest BCUT2D eigenvalue weighted by Gasteiger charge is -2.09. The third-order valence-electron chi connectivity index (χ3n) is 2.43. The van der Waals surface area contributed by atoms with Crippen LogP contribution in [0.25, 0.3) is 0 Å². The minimum absolute atomic E-state index is 0.0487. The number of nitriles is 2. The van der Waals surface area contributed by atoms with Gasteiger partial charge in [-0.25, -0.2) is 4.39 Å². The van der Waals surface area contributed by atoms with Gasteiger partial charge in [0.25, 0.3) is 0 Å². The molecule has 1 heterocycles.